The van der Waals surface area contributed by atoms with Crippen molar-refractivity contribution in [2.45, 2.75) is 59.5 Å². The van der Waals surface area contributed by atoms with E-state index in [4.69, 9.17) is 0 Å². The highest BCUT2D eigenvalue weighted by atomic mass is 15.2. The summed E-state index contributed by atoms with van der Waals surface area (Å²) in [5.41, 5.74) is 5.80. The standard InChI is InChI=1S/C17H28N2/c1-12-9-13(2)16(14(3)10-12)19-15(4)11-18-8-7-17(19,5)6/h9-10,15,18H,7-8,11H2,1-6H3. The van der Waals surface area contributed by atoms with Crippen LogP contribution in [0.15, 0.2) is 12.1 Å². The molecule has 2 nitrogen and oxygen atoms in total. The Bertz CT molecular complexity index is 439. The van der Waals surface area contributed by atoms with Gasteiger partial charge in [-0.3, -0.25) is 0 Å². The van der Waals surface area contributed by atoms with Crippen molar-refractivity contribution in [1.29, 1.82) is 0 Å². The highest BCUT2D eigenvalue weighted by Crippen LogP contribution is 2.35. The minimum Gasteiger partial charge on any atom is -0.362 e. The van der Waals surface area contributed by atoms with E-state index < -0.39 is 0 Å². The summed E-state index contributed by atoms with van der Waals surface area (Å²) >= 11 is 0. The first kappa shape index (κ1) is 14.4. The molecule has 0 aromatic heterocycles. The minimum absolute atomic E-state index is 0.202. The van der Waals surface area contributed by atoms with Crippen LogP contribution in [0.1, 0.15) is 43.9 Å². The molecule has 0 amide bonds. The first-order valence-electron chi connectivity index (χ1n) is 7.41. The van der Waals surface area contributed by atoms with Gasteiger partial charge in [-0.1, -0.05) is 17.7 Å². The Labute approximate surface area is 118 Å². The number of hydrogen-bond donors (Lipinski definition) is 1. The number of aryl methyl sites for hydroxylation is 3. The van der Waals surface area contributed by atoms with Gasteiger partial charge in [0.2, 0.25) is 0 Å². The zero-order chi connectivity index (χ0) is 14.2. The van der Waals surface area contributed by atoms with Gasteiger partial charge >= 0.3 is 0 Å². The molecule has 2 heteroatoms. The molecule has 1 saturated heterocycles. The van der Waals surface area contributed by atoms with Crippen LogP contribution in [0, 0.1) is 20.8 Å². The third kappa shape index (κ3) is 2.79. The van der Waals surface area contributed by atoms with E-state index in [2.05, 4.69) is 63.9 Å². The maximum absolute atomic E-state index is 3.56. The topological polar surface area (TPSA) is 15.3 Å². The molecule has 2 rings (SSSR count). The second-order valence-corrected chi connectivity index (χ2v) is 6.73. The summed E-state index contributed by atoms with van der Waals surface area (Å²) in [6, 6.07) is 5.14. The van der Waals surface area contributed by atoms with E-state index in [0.717, 1.165) is 13.1 Å². The van der Waals surface area contributed by atoms with Crippen molar-refractivity contribution in [2.24, 2.45) is 0 Å². The van der Waals surface area contributed by atoms with E-state index in [1.165, 1.54) is 28.8 Å². The van der Waals surface area contributed by atoms with E-state index in [1.807, 2.05) is 0 Å². The normalized spacial score (nSPS) is 23.3. The van der Waals surface area contributed by atoms with Gasteiger partial charge in [0.15, 0.2) is 0 Å². The molecular formula is C17H28N2. The van der Waals surface area contributed by atoms with Crippen molar-refractivity contribution in [3.8, 4) is 0 Å². The van der Waals surface area contributed by atoms with Gasteiger partial charge in [0.25, 0.3) is 0 Å². The molecule has 0 bridgehead atoms. The Kier molecular flexibility index (Phi) is 3.91. The third-order valence-corrected chi connectivity index (χ3v) is 4.32. The molecule has 1 N–H and O–H groups in total. The SMILES string of the molecule is Cc1cc(C)c(N2C(C)CNCCC2(C)C)c(C)c1. The number of nitrogens with zero attached hydrogens (tertiary/aromatic N) is 1. The first-order chi connectivity index (χ1) is 8.83. The molecule has 0 radical (unpaired) electrons. The fourth-order valence-electron chi connectivity index (χ4n) is 3.59. The number of nitrogens with one attached hydrogen (secondary N) is 1. The van der Waals surface area contributed by atoms with Crippen molar-refractivity contribution in [3.05, 3.63) is 28.8 Å². The average Bonchev–Trinajstić information content (AvgIpc) is 2.39. The number of rotatable bonds is 1. The zero-order valence-corrected chi connectivity index (χ0v) is 13.3. The highest BCUT2D eigenvalue weighted by molar-refractivity contribution is 5.62. The van der Waals surface area contributed by atoms with Gasteiger partial charge in [0.1, 0.15) is 0 Å². The van der Waals surface area contributed by atoms with Gasteiger partial charge < -0.3 is 10.2 Å². The fraction of sp³-hybridized carbons (Fsp3) is 0.647. The average molecular weight is 260 g/mol. The van der Waals surface area contributed by atoms with E-state index >= 15 is 0 Å². The Hall–Kier alpha value is -1.02. The fourth-order valence-corrected chi connectivity index (χ4v) is 3.59. The lowest BCUT2D eigenvalue weighted by atomic mass is 9.93. The molecule has 1 aliphatic heterocycles. The summed E-state index contributed by atoms with van der Waals surface area (Å²) in [4.78, 5) is 2.64. The summed E-state index contributed by atoms with van der Waals surface area (Å²) in [6.07, 6.45) is 1.18. The highest BCUT2D eigenvalue weighted by Gasteiger charge is 2.34. The molecule has 1 unspecified atom stereocenters. The second kappa shape index (κ2) is 5.16. The predicted octanol–water partition coefficient (Wildman–Crippen LogP) is 3.58. The Balaban J connectivity index is 2.53. The summed E-state index contributed by atoms with van der Waals surface area (Å²) in [5.74, 6) is 0. The van der Waals surface area contributed by atoms with Gasteiger partial charge in [0.05, 0.1) is 0 Å². The number of hydrogen-bond acceptors (Lipinski definition) is 2. The van der Waals surface area contributed by atoms with Gasteiger partial charge in [-0.2, -0.15) is 0 Å². The van der Waals surface area contributed by atoms with E-state index in [0.29, 0.717) is 6.04 Å². The quantitative estimate of drug-likeness (QED) is 0.830. The van der Waals surface area contributed by atoms with Gasteiger partial charge in [0, 0.05) is 23.8 Å². The third-order valence-electron chi connectivity index (χ3n) is 4.32. The Morgan fingerprint density at radius 1 is 1.16 bits per heavy atom. The molecule has 1 aromatic carbocycles. The molecule has 0 spiro atoms. The molecule has 0 aliphatic carbocycles. The maximum Gasteiger partial charge on any atom is 0.0433 e. The lowest BCUT2D eigenvalue weighted by Crippen LogP contribution is -2.50. The van der Waals surface area contributed by atoms with Crippen molar-refractivity contribution in [2.75, 3.05) is 18.0 Å². The molecule has 1 atom stereocenters. The second-order valence-electron chi connectivity index (χ2n) is 6.73. The number of anilines is 1. The molecular weight excluding hydrogens is 232 g/mol. The predicted molar refractivity (Wildman–Crippen MR) is 84.2 cm³/mol. The van der Waals surface area contributed by atoms with Crippen LogP contribution in [0.2, 0.25) is 0 Å². The molecule has 106 valence electrons. The molecule has 1 aromatic rings. The van der Waals surface area contributed by atoms with Crippen LogP contribution in [-0.2, 0) is 0 Å². The molecule has 0 saturated carbocycles. The first-order valence-corrected chi connectivity index (χ1v) is 7.41. The summed E-state index contributed by atoms with van der Waals surface area (Å²) < 4.78 is 0. The van der Waals surface area contributed by atoms with Crippen LogP contribution in [0.3, 0.4) is 0 Å². The zero-order valence-electron chi connectivity index (χ0n) is 13.3. The van der Waals surface area contributed by atoms with Crippen molar-refractivity contribution >= 4 is 5.69 Å². The van der Waals surface area contributed by atoms with E-state index in [-0.39, 0.29) is 5.54 Å². The van der Waals surface area contributed by atoms with Crippen molar-refractivity contribution in [3.63, 3.8) is 0 Å². The van der Waals surface area contributed by atoms with Gasteiger partial charge in [-0.25, -0.2) is 0 Å². The molecule has 1 heterocycles. The van der Waals surface area contributed by atoms with E-state index in [1.54, 1.807) is 0 Å². The van der Waals surface area contributed by atoms with Crippen LogP contribution in [0.4, 0.5) is 5.69 Å². The molecule has 1 aliphatic rings. The van der Waals surface area contributed by atoms with Crippen molar-refractivity contribution in [1.82, 2.24) is 5.32 Å². The van der Waals surface area contributed by atoms with Crippen LogP contribution in [0.25, 0.3) is 0 Å². The lowest BCUT2D eigenvalue weighted by molar-refractivity contribution is 0.425. The van der Waals surface area contributed by atoms with E-state index in [9.17, 15) is 0 Å². The largest absolute Gasteiger partial charge is 0.362 e. The van der Waals surface area contributed by atoms with Crippen LogP contribution < -0.4 is 10.2 Å². The van der Waals surface area contributed by atoms with Crippen LogP contribution in [-0.4, -0.2) is 24.7 Å². The Morgan fingerprint density at radius 3 is 2.32 bits per heavy atom. The smallest absolute Gasteiger partial charge is 0.0433 e. The van der Waals surface area contributed by atoms with Crippen molar-refractivity contribution < 1.29 is 0 Å². The summed E-state index contributed by atoms with van der Waals surface area (Å²) in [6.45, 7) is 15.9. The summed E-state index contributed by atoms with van der Waals surface area (Å²) in [5, 5.41) is 3.56. The van der Waals surface area contributed by atoms with Gasteiger partial charge in [-0.05, 0) is 65.6 Å². The molecule has 1 fully saturated rings. The molecule has 19 heavy (non-hydrogen) atoms. The van der Waals surface area contributed by atoms with Gasteiger partial charge in [-0.15, -0.1) is 0 Å². The van der Waals surface area contributed by atoms with Crippen LogP contribution in [0.5, 0.6) is 0 Å². The summed E-state index contributed by atoms with van der Waals surface area (Å²) in [7, 11) is 0. The number of benzene rings is 1. The lowest BCUT2D eigenvalue weighted by Gasteiger charge is -2.44. The Morgan fingerprint density at radius 2 is 1.74 bits per heavy atom. The minimum atomic E-state index is 0.202. The maximum atomic E-state index is 3.56. The van der Waals surface area contributed by atoms with Crippen LogP contribution >= 0.6 is 0 Å². The monoisotopic (exact) mass is 260 g/mol.